The number of nitrogens with one attached hydrogen (secondary N) is 1. The molecule has 0 amide bonds. The van der Waals surface area contributed by atoms with Crippen LogP contribution in [0.3, 0.4) is 0 Å². The van der Waals surface area contributed by atoms with Gasteiger partial charge in [-0.3, -0.25) is 10.1 Å². The molecule has 0 aliphatic carbocycles. The number of hydrogen-bond donors (Lipinski definition) is 1. The van der Waals surface area contributed by atoms with Gasteiger partial charge in [0, 0.05) is 20.3 Å². The SMILES string of the molecule is COCCNc1nc(C2CCCO2)nc(Cl)c1[N+](=O)[O-]. The van der Waals surface area contributed by atoms with Crippen LogP contribution in [-0.2, 0) is 9.47 Å². The molecule has 0 aromatic carbocycles. The summed E-state index contributed by atoms with van der Waals surface area (Å²) in [5.41, 5.74) is -0.329. The first-order chi connectivity index (χ1) is 9.63. The summed E-state index contributed by atoms with van der Waals surface area (Å²) in [7, 11) is 1.54. The van der Waals surface area contributed by atoms with Gasteiger partial charge in [0.05, 0.1) is 11.5 Å². The van der Waals surface area contributed by atoms with Gasteiger partial charge in [0.2, 0.25) is 11.0 Å². The summed E-state index contributed by atoms with van der Waals surface area (Å²) in [5.74, 6) is 0.468. The standard InChI is InChI=1S/C11H15ClN4O4/c1-19-6-4-13-11-8(16(17)18)9(12)14-10(15-11)7-3-2-5-20-7/h7H,2-6H2,1H3,(H,13,14,15). The van der Waals surface area contributed by atoms with E-state index in [1.165, 1.54) is 0 Å². The van der Waals surface area contributed by atoms with Gasteiger partial charge in [0.1, 0.15) is 6.10 Å². The average molecular weight is 303 g/mol. The van der Waals surface area contributed by atoms with Crippen molar-refractivity contribution in [3.05, 3.63) is 21.1 Å². The number of nitrogens with zero attached hydrogens (tertiary/aromatic N) is 3. The number of halogens is 1. The molecule has 20 heavy (non-hydrogen) atoms. The molecule has 2 heterocycles. The zero-order valence-corrected chi connectivity index (χ0v) is 11.7. The molecule has 1 aromatic rings. The fourth-order valence-electron chi connectivity index (χ4n) is 1.93. The minimum absolute atomic E-state index is 0.0950. The van der Waals surface area contributed by atoms with Crippen LogP contribution < -0.4 is 5.32 Å². The average Bonchev–Trinajstić information content (AvgIpc) is 2.91. The highest BCUT2D eigenvalue weighted by molar-refractivity contribution is 6.31. The van der Waals surface area contributed by atoms with Gasteiger partial charge < -0.3 is 14.8 Å². The lowest BCUT2D eigenvalue weighted by molar-refractivity contribution is -0.384. The Kier molecular flexibility index (Phi) is 5.05. The molecule has 1 aliphatic heterocycles. The molecule has 8 nitrogen and oxygen atoms in total. The Morgan fingerprint density at radius 2 is 2.40 bits per heavy atom. The Morgan fingerprint density at radius 1 is 1.60 bits per heavy atom. The molecular weight excluding hydrogens is 288 g/mol. The first-order valence-corrected chi connectivity index (χ1v) is 6.57. The smallest absolute Gasteiger partial charge is 0.348 e. The van der Waals surface area contributed by atoms with Gasteiger partial charge >= 0.3 is 5.69 Å². The fraction of sp³-hybridized carbons (Fsp3) is 0.636. The van der Waals surface area contributed by atoms with Gasteiger partial charge in [-0.2, -0.15) is 0 Å². The van der Waals surface area contributed by atoms with Gasteiger partial charge in [0.15, 0.2) is 5.82 Å². The molecular formula is C11H15ClN4O4. The van der Waals surface area contributed by atoms with Gasteiger partial charge in [-0.05, 0) is 12.8 Å². The number of anilines is 1. The minimum atomic E-state index is -0.600. The lowest BCUT2D eigenvalue weighted by Gasteiger charge is -2.11. The Hall–Kier alpha value is -1.51. The topological polar surface area (TPSA) is 99.4 Å². The maximum Gasteiger partial charge on any atom is 0.348 e. The van der Waals surface area contributed by atoms with E-state index in [0.29, 0.717) is 25.6 Å². The number of ether oxygens (including phenoxy) is 2. The summed E-state index contributed by atoms with van der Waals surface area (Å²) in [4.78, 5) is 18.6. The largest absolute Gasteiger partial charge is 0.383 e. The van der Waals surface area contributed by atoms with E-state index in [4.69, 9.17) is 21.1 Å². The fourth-order valence-corrected chi connectivity index (χ4v) is 2.17. The second-order valence-corrected chi connectivity index (χ2v) is 4.61. The van der Waals surface area contributed by atoms with E-state index in [1.807, 2.05) is 0 Å². The molecule has 1 atom stereocenters. The molecule has 1 aliphatic rings. The molecule has 1 saturated heterocycles. The van der Waals surface area contributed by atoms with Crippen molar-refractivity contribution >= 4 is 23.1 Å². The summed E-state index contributed by atoms with van der Waals surface area (Å²) < 4.78 is 10.4. The molecule has 110 valence electrons. The molecule has 2 rings (SSSR count). The third-order valence-corrected chi connectivity index (χ3v) is 3.12. The van der Waals surface area contributed by atoms with Gasteiger partial charge in [-0.1, -0.05) is 11.6 Å². The third-order valence-electron chi connectivity index (χ3n) is 2.86. The number of nitro groups is 1. The van der Waals surface area contributed by atoms with E-state index in [2.05, 4.69) is 15.3 Å². The second kappa shape index (κ2) is 6.78. The molecule has 1 N–H and O–H groups in total. The highest BCUT2D eigenvalue weighted by Gasteiger charge is 2.28. The first-order valence-electron chi connectivity index (χ1n) is 6.19. The van der Waals surface area contributed by atoms with Crippen LogP contribution in [0.15, 0.2) is 0 Å². The van der Waals surface area contributed by atoms with Crippen LogP contribution in [0.4, 0.5) is 11.5 Å². The minimum Gasteiger partial charge on any atom is -0.383 e. The Bertz CT molecular complexity index is 494. The van der Waals surface area contributed by atoms with Crippen LogP contribution in [0, 0.1) is 10.1 Å². The summed E-state index contributed by atoms with van der Waals surface area (Å²) in [6, 6.07) is 0. The zero-order chi connectivity index (χ0) is 14.5. The van der Waals surface area contributed by atoms with Crippen molar-refractivity contribution in [2.75, 3.05) is 32.2 Å². The maximum absolute atomic E-state index is 11.0. The van der Waals surface area contributed by atoms with Crippen LogP contribution in [0.5, 0.6) is 0 Å². The number of aromatic nitrogens is 2. The molecule has 1 fully saturated rings. The monoisotopic (exact) mass is 302 g/mol. The molecule has 9 heteroatoms. The van der Waals surface area contributed by atoms with Gasteiger partial charge in [0.25, 0.3) is 0 Å². The van der Waals surface area contributed by atoms with Crippen molar-refractivity contribution in [2.24, 2.45) is 0 Å². The highest BCUT2D eigenvalue weighted by Crippen LogP contribution is 2.33. The Labute approximate surface area is 120 Å². The van der Waals surface area contributed by atoms with Crippen molar-refractivity contribution in [1.29, 1.82) is 0 Å². The third kappa shape index (κ3) is 3.33. The molecule has 0 radical (unpaired) electrons. The molecule has 0 bridgehead atoms. The predicted molar refractivity (Wildman–Crippen MR) is 72.0 cm³/mol. The second-order valence-electron chi connectivity index (χ2n) is 4.25. The quantitative estimate of drug-likeness (QED) is 0.371. The lowest BCUT2D eigenvalue weighted by Crippen LogP contribution is -2.14. The van der Waals surface area contributed by atoms with Crippen molar-refractivity contribution in [3.63, 3.8) is 0 Å². The number of hydrogen-bond acceptors (Lipinski definition) is 7. The normalized spacial score (nSPS) is 18.2. The number of methoxy groups -OCH3 is 1. The number of rotatable bonds is 6. The Balaban J connectivity index is 2.30. The van der Waals surface area contributed by atoms with E-state index in [-0.39, 0.29) is 22.8 Å². The van der Waals surface area contributed by atoms with Crippen LogP contribution in [0.2, 0.25) is 5.15 Å². The highest BCUT2D eigenvalue weighted by atomic mass is 35.5. The summed E-state index contributed by atoms with van der Waals surface area (Å²) in [6.07, 6.45) is 1.44. The van der Waals surface area contributed by atoms with Crippen LogP contribution in [0.1, 0.15) is 24.8 Å². The van der Waals surface area contributed by atoms with Gasteiger partial charge in [-0.25, -0.2) is 9.97 Å². The van der Waals surface area contributed by atoms with Crippen molar-refractivity contribution < 1.29 is 14.4 Å². The molecule has 0 spiro atoms. The van der Waals surface area contributed by atoms with Crippen molar-refractivity contribution in [3.8, 4) is 0 Å². The summed E-state index contributed by atoms with van der Waals surface area (Å²) >= 11 is 5.90. The maximum atomic E-state index is 11.0. The first kappa shape index (κ1) is 14.9. The van der Waals surface area contributed by atoms with E-state index in [1.54, 1.807) is 7.11 Å². The van der Waals surface area contributed by atoms with E-state index < -0.39 is 4.92 Å². The van der Waals surface area contributed by atoms with E-state index in [9.17, 15) is 10.1 Å². The Morgan fingerprint density at radius 3 is 3.00 bits per heavy atom. The van der Waals surface area contributed by atoms with Gasteiger partial charge in [-0.15, -0.1) is 0 Å². The molecule has 1 aromatic heterocycles. The van der Waals surface area contributed by atoms with Crippen molar-refractivity contribution in [2.45, 2.75) is 18.9 Å². The predicted octanol–water partition coefficient (Wildman–Crippen LogP) is 1.95. The summed E-state index contributed by atoms with van der Waals surface area (Å²) in [6.45, 7) is 1.42. The van der Waals surface area contributed by atoms with Crippen LogP contribution in [-0.4, -0.2) is 41.8 Å². The van der Waals surface area contributed by atoms with E-state index >= 15 is 0 Å². The molecule has 1 unspecified atom stereocenters. The molecule has 0 saturated carbocycles. The van der Waals surface area contributed by atoms with E-state index in [0.717, 1.165) is 12.8 Å². The lowest BCUT2D eigenvalue weighted by atomic mass is 10.2. The van der Waals surface area contributed by atoms with Crippen LogP contribution in [0.25, 0.3) is 0 Å². The summed E-state index contributed by atoms with van der Waals surface area (Å²) in [5, 5.41) is 13.7. The van der Waals surface area contributed by atoms with Crippen molar-refractivity contribution in [1.82, 2.24) is 9.97 Å². The van der Waals surface area contributed by atoms with Crippen LogP contribution >= 0.6 is 11.6 Å². The zero-order valence-electron chi connectivity index (χ0n) is 11.0.